The molecule has 0 aliphatic carbocycles. The number of esters is 2. The van der Waals surface area contributed by atoms with Crippen LogP contribution in [0, 0.1) is 0 Å². The van der Waals surface area contributed by atoms with E-state index in [1.165, 1.54) is 0 Å². The topological polar surface area (TPSA) is 111 Å². The Kier molecular flexibility index (Phi) is 7.63. The standard InChI is InChI=1S/C14H21N3O5S/c1-9(2)13(20)22-8-4-3-7-21-11(18)6-5-10-12(19)17(15)14(23)16-10/h10H,1,3-8,15H2,2H3,(H,16,23). The van der Waals surface area contributed by atoms with E-state index >= 15 is 0 Å². The van der Waals surface area contributed by atoms with Crippen LogP contribution in [0.4, 0.5) is 0 Å². The number of carbonyl (C=O) groups excluding carboxylic acids is 3. The van der Waals surface area contributed by atoms with Crippen LogP contribution >= 0.6 is 12.2 Å². The molecule has 1 saturated heterocycles. The largest absolute Gasteiger partial charge is 0.466 e. The van der Waals surface area contributed by atoms with Crippen molar-refractivity contribution < 1.29 is 23.9 Å². The number of carbonyl (C=O) groups is 3. The fourth-order valence-corrected chi connectivity index (χ4v) is 1.99. The molecule has 9 heteroatoms. The molecule has 0 saturated carbocycles. The zero-order chi connectivity index (χ0) is 17.4. The molecule has 1 rings (SSSR count). The van der Waals surface area contributed by atoms with E-state index in [4.69, 9.17) is 27.5 Å². The molecule has 0 aromatic carbocycles. The van der Waals surface area contributed by atoms with Crippen LogP contribution in [0.15, 0.2) is 12.2 Å². The molecule has 1 atom stereocenters. The van der Waals surface area contributed by atoms with Gasteiger partial charge in [-0.15, -0.1) is 0 Å². The lowest BCUT2D eigenvalue weighted by atomic mass is 10.1. The zero-order valence-electron chi connectivity index (χ0n) is 13.0. The number of nitrogens with zero attached hydrogens (tertiary/aromatic N) is 1. The van der Waals surface area contributed by atoms with Gasteiger partial charge >= 0.3 is 11.9 Å². The second-order valence-corrected chi connectivity index (χ2v) is 5.48. The van der Waals surface area contributed by atoms with E-state index in [-0.39, 0.29) is 37.1 Å². The van der Waals surface area contributed by atoms with E-state index in [1.54, 1.807) is 6.92 Å². The second-order valence-electron chi connectivity index (χ2n) is 5.09. The smallest absolute Gasteiger partial charge is 0.333 e. The van der Waals surface area contributed by atoms with Gasteiger partial charge in [0.25, 0.3) is 5.91 Å². The number of amides is 1. The van der Waals surface area contributed by atoms with E-state index in [2.05, 4.69) is 11.9 Å². The van der Waals surface area contributed by atoms with Crippen molar-refractivity contribution in [2.24, 2.45) is 5.84 Å². The molecule has 3 N–H and O–H groups in total. The normalized spacial score (nSPS) is 17.0. The van der Waals surface area contributed by atoms with Gasteiger partial charge in [0.15, 0.2) is 5.11 Å². The van der Waals surface area contributed by atoms with Gasteiger partial charge in [-0.2, -0.15) is 0 Å². The SMILES string of the molecule is C=C(C)C(=O)OCCCCOC(=O)CCC1NC(=S)N(N)C1=O. The Morgan fingerprint density at radius 1 is 1.35 bits per heavy atom. The van der Waals surface area contributed by atoms with Crippen LogP contribution < -0.4 is 11.2 Å². The number of hydrogen-bond acceptors (Lipinski definition) is 7. The minimum absolute atomic E-state index is 0.0878. The molecule has 0 aromatic heterocycles. The summed E-state index contributed by atoms with van der Waals surface area (Å²) in [5.41, 5.74) is 0.349. The van der Waals surface area contributed by atoms with Crippen molar-refractivity contribution in [2.75, 3.05) is 13.2 Å². The van der Waals surface area contributed by atoms with Gasteiger partial charge in [0.05, 0.1) is 13.2 Å². The van der Waals surface area contributed by atoms with Crippen LogP contribution in [0.2, 0.25) is 0 Å². The minimum Gasteiger partial charge on any atom is -0.466 e. The third kappa shape index (κ3) is 6.33. The lowest BCUT2D eigenvalue weighted by Gasteiger charge is -2.08. The zero-order valence-corrected chi connectivity index (χ0v) is 13.8. The summed E-state index contributed by atoms with van der Waals surface area (Å²) in [5.74, 6) is 4.22. The molecule has 1 aliphatic rings. The van der Waals surface area contributed by atoms with Gasteiger partial charge in [-0.3, -0.25) is 9.59 Å². The Bertz CT molecular complexity index is 509. The molecule has 1 aliphatic heterocycles. The van der Waals surface area contributed by atoms with Gasteiger partial charge in [0.2, 0.25) is 0 Å². The molecule has 8 nitrogen and oxygen atoms in total. The maximum atomic E-state index is 11.6. The summed E-state index contributed by atoms with van der Waals surface area (Å²) in [6.45, 7) is 5.53. The van der Waals surface area contributed by atoms with E-state index in [0.717, 1.165) is 5.01 Å². The number of rotatable bonds is 9. The molecule has 1 amide bonds. The Morgan fingerprint density at radius 2 is 1.96 bits per heavy atom. The molecule has 0 spiro atoms. The van der Waals surface area contributed by atoms with E-state index < -0.39 is 18.0 Å². The monoisotopic (exact) mass is 343 g/mol. The molecule has 1 fully saturated rings. The van der Waals surface area contributed by atoms with E-state index in [1.807, 2.05) is 0 Å². The fourth-order valence-electron chi connectivity index (χ4n) is 1.76. The molecule has 1 heterocycles. The number of thiocarbonyl (C=S) groups is 1. The first-order valence-corrected chi connectivity index (χ1v) is 7.61. The molecule has 1 unspecified atom stereocenters. The van der Waals surface area contributed by atoms with Crippen LogP contribution in [0.3, 0.4) is 0 Å². The summed E-state index contributed by atoms with van der Waals surface area (Å²) in [7, 11) is 0. The van der Waals surface area contributed by atoms with Gasteiger partial charge in [-0.05, 0) is 38.4 Å². The molecular weight excluding hydrogens is 322 g/mol. The first-order valence-electron chi connectivity index (χ1n) is 7.20. The molecule has 0 radical (unpaired) electrons. The van der Waals surface area contributed by atoms with Crippen molar-refractivity contribution in [2.45, 2.75) is 38.6 Å². The van der Waals surface area contributed by atoms with Gasteiger partial charge < -0.3 is 14.8 Å². The number of nitrogens with one attached hydrogen (secondary N) is 1. The van der Waals surface area contributed by atoms with E-state index in [0.29, 0.717) is 18.4 Å². The van der Waals surface area contributed by atoms with Crippen molar-refractivity contribution >= 4 is 35.2 Å². The highest BCUT2D eigenvalue weighted by Crippen LogP contribution is 2.09. The third-order valence-electron chi connectivity index (χ3n) is 3.07. The van der Waals surface area contributed by atoms with Crippen molar-refractivity contribution in [3.63, 3.8) is 0 Å². The minimum atomic E-state index is -0.582. The van der Waals surface area contributed by atoms with Crippen LogP contribution in [-0.4, -0.2) is 47.2 Å². The lowest BCUT2D eigenvalue weighted by molar-refractivity contribution is -0.145. The highest BCUT2D eigenvalue weighted by atomic mass is 32.1. The Morgan fingerprint density at radius 3 is 2.48 bits per heavy atom. The predicted molar refractivity (Wildman–Crippen MR) is 85.8 cm³/mol. The van der Waals surface area contributed by atoms with Crippen LogP contribution in [0.5, 0.6) is 0 Å². The van der Waals surface area contributed by atoms with Crippen molar-refractivity contribution in [3.05, 3.63) is 12.2 Å². The Balaban J connectivity index is 2.07. The number of hydrazine groups is 1. The van der Waals surface area contributed by atoms with Crippen LogP contribution in [0.25, 0.3) is 0 Å². The maximum absolute atomic E-state index is 11.6. The summed E-state index contributed by atoms with van der Waals surface area (Å²) < 4.78 is 9.94. The van der Waals surface area contributed by atoms with Gasteiger partial charge in [0, 0.05) is 12.0 Å². The average Bonchev–Trinajstić information content (AvgIpc) is 2.75. The number of nitrogens with two attached hydrogens (primary N) is 1. The first-order chi connectivity index (χ1) is 10.8. The number of ether oxygens (including phenoxy) is 2. The summed E-state index contributed by atoms with van der Waals surface area (Å²) in [6, 6.07) is -0.582. The fraction of sp³-hybridized carbons (Fsp3) is 0.571. The second kappa shape index (κ2) is 9.21. The molecule has 23 heavy (non-hydrogen) atoms. The van der Waals surface area contributed by atoms with Crippen molar-refractivity contribution in [3.8, 4) is 0 Å². The third-order valence-corrected chi connectivity index (χ3v) is 3.39. The average molecular weight is 343 g/mol. The van der Waals surface area contributed by atoms with Crippen molar-refractivity contribution in [1.29, 1.82) is 0 Å². The highest BCUT2D eigenvalue weighted by molar-refractivity contribution is 7.80. The Labute approximate surface area is 139 Å². The van der Waals surface area contributed by atoms with Crippen LogP contribution in [-0.2, 0) is 23.9 Å². The van der Waals surface area contributed by atoms with Crippen LogP contribution in [0.1, 0.15) is 32.6 Å². The lowest BCUT2D eigenvalue weighted by Crippen LogP contribution is -2.37. The van der Waals surface area contributed by atoms with Gasteiger partial charge in [-0.1, -0.05) is 6.58 Å². The summed E-state index contributed by atoms with van der Waals surface area (Å²) in [6.07, 6.45) is 1.52. The highest BCUT2D eigenvalue weighted by Gasteiger charge is 2.33. The molecular formula is C14H21N3O5S. The van der Waals surface area contributed by atoms with Crippen molar-refractivity contribution in [1.82, 2.24) is 10.3 Å². The quantitative estimate of drug-likeness (QED) is 0.152. The summed E-state index contributed by atoms with van der Waals surface area (Å²) >= 11 is 4.83. The molecule has 0 aromatic rings. The molecule has 0 bridgehead atoms. The molecule has 128 valence electrons. The summed E-state index contributed by atoms with van der Waals surface area (Å²) in [4.78, 5) is 34.3. The predicted octanol–water partition coefficient (Wildman–Crippen LogP) is 0.168. The van der Waals surface area contributed by atoms with Gasteiger partial charge in [0.1, 0.15) is 6.04 Å². The summed E-state index contributed by atoms with van der Waals surface area (Å²) in [5, 5.41) is 3.74. The van der Waals surface area contributed by atoms with E-state index in [9.17, 15) is 14.4 Å². The number of unbranched alkanes of at least 4 members (excludes halogenated alkanes) is 1. The van der Waals surface area contributed by atoms with Gasteiger partial charge in [-0.25, -0.2) is 15.6 Å². The maximum Gasteiger partial charge on any atom is 0.333 e. The first kappa shape index (κ1) is 19.0. The Hall–Kier alpha value is -2.00. The number of hydrogen-bond donors (Lipinski definition) is 2.